The number of amides is 2. The molecule has 0 saturated carbocycles. The molecule has 0 bridgehead atoms. The number of carbonyl (C=O) groups is 5. The van der Waals surface area contributed by atoms with Crippen LogP contribution in [0.25, 0.3) is 0 Å². The third kappa shape index (κ3) is 26.6. The van der Waals surface area contributed by atoms with Crippen LogP contribution in [0.1, 0.15) is 36.2 Å². The first-order chi connectivity index (χ1) is 18.2. The highest BCUT2D eigenvalue weighted by Gasteiger charge is 2.14. The van der Waals surface area contributed by atoms with Gasteiger partial charge in [0.2, 0.25) is 6.41 Å². The summed E-state index contributed by atoms with van der Waals surface area (Å²) >= 11 is 0. The van der Waals surface area contributed by atoms with Crippen molar-refractivity contribution in [2.75, 3.05) is 48.6 Å². The van der Waals surface area contributed by atoms with Crippen molar-refractivity contribution in [3.05, 3.63) is 47.7 Å². The van der Waals surface area contributed by atoms with Crippen LogP contribution in [0.5, 0.6) is 0 Å². The van der Waals surface area contributed by atoms with Gasteiger partial charge >= 0.3 is 12.1 Å². The fourth-order valence-electron chi connectivity index (χ4n) is 2.04. The molecule has 0 aliphatic heterocycles. The van der Waals surface area contributed by atoms with E-state index in [0.717, 1.165) is 19.8 Å². The lowest BCUT2D eigenvalue weighted by atomic mass is 10.1. The SMILES string of the molecule is CC.CO.COC(=O)O.COC(CCN(C)/C=C\C(=O)NC=O)COC(=O)c1ccccc1C.COC=O. The highest BCUT2D eigenvalue weighted by Crippen LogP contribution is 2.10. The van der Waals surface area contributed by atoms with Gasteiger partial charge in [0.05, 0.1) is 25.9 Å². The van der Waals surface area contributed by atoms with Gasteiger partial charge in [0.15, 0.2) is 0 Å². The monoisotopic (exact) mass is 546 g/mol. The lowest BCUT2D eigenvalue weighted by Gasteiger charge is -2.19. The van der Waals surface area contributed by atoms with Gasteiger partial charge in [-0.15, -0.1) is 0 Å². The van der Waals surface area contributed by atoms with Crippen LogP contribution in [-0.4, -0.2) is 101 Å². The van der Waals surface area contributed by atoms with Crippen LogP contribution in [0, 0.1) is 6.92 Å². The predicted octanol–water partition coefficient (Wildman–Crippen LogP) is 2.01. The Bertz CT molecular complexity index is 786. The third-order valence-corrected chi connectivity index (χ3v) is 3.85. The van der Waals surface area contributed by atoms with E-state index >= 15 is 0 Å². The van der Waals surface area contributed by atoms with Crippen molar-refractivity contribution in [2.45, 2.75) is 33.3 Å². The summed E-state index contributed by atoms with van der Waals surface area (Å²) in [5.41, 5.74) is 1.40. The Morgan fingerprint density at radius 1 is 1.08 bits per heavy atom. The van der Waals surface area contributed by atoms with Crippen LogP contribution >= 0.6 is 0 Å². The fourth-order valence-corrected chi connectivity index (χ4v) is 2.04. The van der Waals surface area contributed by atoms with E-state index in [2.05, 4.69) is 9.47 Å². The van der Waals surface area contributed by atoms with Crippen molar-refractivity contribution in [3.8, 4) is 0 Å². The van der Waals surface area contributed by atoms with Crippen molar-refractivity contribution < 1.29 is 53.1 Å². The van der Waals surface area contributed by atoms with Crippen molar-refractivity contribution in [1.29, 1.82) is 0 Å². The van der Waals surface area contributed by atoms with E-state index in [9.17, 15) is 14.4 Å². The molecule has 3 N–H and O–H groups in total. The van der Waals surface area contributed by atoms with Gasteiger partial charge in [0.1, 0.15) is 6.61 Å². The van der Waals surface area contributed by atoms with Gasteiger partial charge in [-0.05, 0) is 25.0 Å². The van der Waals surface area contributed by atoms with Crippen molar-refractivity contribution >= 4 is 30.9 Å². The minimum Gasteiger partial charge on any atom is -0.471 e. The molecule has 0 heterocycles. The van der Waals surface area contributed by atoms with Crippen LogP contribution in [0.15, 0.2) is 36.5 Å². The molecule has 0 aromatic heterocycles. The van der Waals surface area contributed by atoms with E-state index in [1.165, 1.54) is 13.2 Å². The van der Waals surface area contributed by atoms with Crippen LogP contribution in [0.4, 0.5) is 4.79 Å². The third-order valence-electron chi connectivity index (χ3n) is 3.85. The van der Waals surface area contributed by atoms with E-state index < -0.39 is 12.1 Å². The molecule has 2 amide bonds. The normalized spacial score (nSPS) is 9.50. The minimum atomic E-state index is -1.25. The van der Waals surface area contributed by atoms with Crippen LogP contribution < -0.4 is 5.32 Å². The molecular formula is C25H42N2O11. The topological polar surface area (TPSA) is 178 Å². The largest absolute Gasteiger partial charge is 0.505 e. The number of methoxy groups -OCH3 is 3. The Morgan fingerprint density at radius 3 is 2.03 bits per heavy atom. The summed E-state index contributed by atoms with van der Waals surface area (Å²) in [5.74, 6) is -0.865. The number of benzene rings is 1. The molecule has 38 heavy (non-hydrogen) atoms. The number of ether oxygens (including phenoxy) is 4. The first-order valence-corrected chi connectivity index (χ1v) is 11.2. The number of esters is 1. The lowest BCUT2D eigenvalue weighted by molar-refractivity contribution is -0.126. The second kappa shape index (κ2) is 31.1. The minimum absolute atomic E-state index is 0.146. The Labute approximate surface area is 224 Å². The van der Waals surface area contributed by atoms with Gasteiger partial charge in [-0.25, -0.2) is 9.59 Å². The molecule has 0 fully saturated rings. The van der Waals surface area contributed by atoms with Gasteiger partial charge in [0.25, 0.3) is 12.4 Å². The molecular weight excluding hydrogens is 504 g/mol. The van der Waals surface area contributed by atoms with Crippen molar-refractivity contribution in [1.82, 2.24) is 10.2 Å². The number of carbonyl (C=O) groups excluding carboxylic acids is 4. The maximum Gasteiger partial charge on any atom is 0.505 e. The van der Waals surface area contributed by atoms with Crippen LogP contribution in [0.3, 0.4) is 0 Å². The number of aryl methyl sites for hydroxylation is 1. The predicted molar refractivity (Wildman–Crippen MR) is 140 cm³/mol. The number of rotatable bonds is 11. The van der Waals surface area contributed by atoms with Gasteiger partial charge in [-0.1, -0.05) is 32.0 Å². The Morgan fingerprint density at radius 2 is 1.61 bits per heavy atom. The Kier molecular flexibility index (Phi) is 33.7. The molecule has 1 aromatic carbocycles. The Hall–Kier alpha value is -3.97. The summed E-state index contributed by atoms with van der Waals surface area (Å²) in [6.45, 7) is 6.96. The molecule has 1 rings (SSSR count). The molecule has 0 radical (unpaired) electrons. The van der Waals surface area contributed by atoms with Gasteiger partial charge in [-0.2, -0.15) is 0 Å². The number of aliphatic hydroxyl groups is 1. The summed E-state index contributed by atoms with van der Waals surface area (Å²) < 4.78 is 18.2. The van der Waals surface area contributed by atoms with Crippen LogP contribution in [-0.2, 0) is 33.3 Å². The number of nitrogens with zero attached hydrogens (tertiary/aromatic N) is 1. The quantitative estimate of drug-likeness (QED) is 0.159. The van der Waals surface area contributed by atoms with Crippen LogP contribution in [0.2, 0.25) is 0 Å². The number of carboxylic acid groups (broad SMARTS) is 1. The standard InChI is InChI=1S/C18H24N2O5.C2H4O3.C2H4O2.C2H6.CH4O/c1-14-6-4-5-7-16(14)18(23)25-12-15(24-3)8-10-20(2)11-9-17(22)19-13-21;1-5-2(3)4;1-4-2-3;2*1-2/h4-7,9,11,13,15H,8,10,12H2,1-3H3,(H,19,21,22);1H3,(H,3,4);2H,1H3;1-2H3;2H,1H3/b11-9-;;;;. The van der Waals surface area contributed by atoms with E-state index in [-0.39, 0.29) is 18.7 Å². The molecule has 1 unspecified atom stereocenters. The Balaban J connectivity index is -0.000000372. The molecule has 0 spiro atoms. The van der Waals surface area contributed by atoms with E-state index in [1.807, 2.05) is 38.2 Å². The molecule has 1 aromatic rings. The first-order valence-electron chi connectivity index (χ1n) is 11.2. The number of hydrogen-bond acceptors (Lipinski definition) is 11. The zero-order valence-corrected chi connectivity index (χ0v) is 23.3. The summed E-state index contributed by atoms with van der Waals surface area (Å²) in [7, 11) is 6.76. The average Bonchev–Trinajstić information content (AvgIpc) is 2.94. The zero-order valence-electron chi connectivity index (χ0n) is 23.3. The smallest absolute Gasteiger partial charge is 0.471 e. The van der Waals surface area contributed by atoms with Crippen molar-refractivity contribution in [2.24, 2.45) is 0 Å². The van der Waals surface area contributed by atoms with Gasteiger partial charge in [0, 0.05) is 40.1 Å². The average molecular weight is 547 g/mol. The summed E-state index contributed by atoms with van der Waals surface area (Å²) in [5, 5.41) is 16.5. The maximum atomic E-state index is 12.1. The highest BCUT2D eigenvalue weighted by atomic mass is 16.6. The van der Waals surface area contributed by atoms with E-state index in [1.54, 1.807) is 37.4 Å². The number of aliphatic hydroxyl groups excluding tert-OH is 1. The van der Waals surface area contributed by atoms with Gasteiger partial charge in [-0.3, -0.25) is 19.7 Å². The lowest BCUT2D eigenvalue weighted by Crippen LogP contribution is -2.26. The van der Waals surface area contributed by atoms with E-state index in [0.29, 0.717) is 31.4 Å². The van der Waals surface area contributed by atoms with Gasteiger partial charge < -0.3 is 34.1 Å². The molecule has 13 nitrogen and oxygen atoms in total. The summed E-state index contributed by atoms with van der Waals surface area (Å²) in [4.78, 5) is 53.2. The number of nitrogens with one attached hydrogen (secondary N) is 1. The fraction of sp³-hybridized carbons (Fsp3) is 0.480. The molecule has 0 aliphatic carbocycles. The molecule has 13 heteroatoms. The number of hydrogen-bond donors (Lipinski definition) is 3. The molecule has 0 saturated heterocycles. The second-order valence-corrected chi connectivity index (χ2v) is 6.28. The molecule has 218 valence electrons. The molecule has 1 atom stereocenters. The highest BCUT2D eigenvalue weighted by molar-refractivity contribution is 5.94. The summed E-state index contributed by atoms with van der Waals surface area (Å²) in [6, 6.07) is 7.23. The maximum absolute atomic E-state index is 12.1. The number of imide groups is 1. The first kappa shape index (κ1) is 41.2. The molecule has 0 aliphatic rings. The van der Waals surface area contributed by atoms with Crippen molar-refractivity contribution in [3.63, 3.8) is 0 Å². The zero-order chi connectivity index (χ0) is 30.4. The second-order valence-electron chi connectivity index (χ2n) is 6.28. The summed E-state index contributed by atoms with van der Waals surface area (Å²) in [6.07, 6.45) is 2.25. The van der Waals surface area contributed by atoms with E-state index in [4.69, 9.17) is 29.3 Å².